The van der Waals surface area contributed by atoms with Crippen LogP contribution in [0.1, 0.15) is 5.69 Å². The predicted molar refractivity (Wildman–Crippen MR) is 55.1 cm³/mol. The average molecular weight is 209 g/mol. The summed E-state index contributed by atoms with van der Waals surface area (Å²) in [5.41, 5.74) is 1.91. The first-order chi connectivity index (χ1) is 6.90. The summed E-state index contributed by atoms with van der Waals surface area (Å²) in [4.78, 5) is 4.45. The van der Waals surface area contributed by atoms with Crippen molar-refractivity contribution in [1.82, 2.24) is 25.7 Å². The Bertz CT molecular complexity index is 380. The molecule has 6 heteroatoms. The van der Waals surface area contributed by atoms with Gasteiger partial charge in [-0.25, -0.2) is 4.98 Å². The first-order valence-electron chi connectivity index (χ1n) is 4.35. The number of rotatable bonds is 4. The number of nitrogens with one attached hydrogen (secondary N) is 2. The molecule has 0 aliphatic rings. The van der Waals surface area contributed by atoms with Gasteiger partial charge in [-0.15, -0.1) is 11.3 Å². The maximum absolute atomic E-state index is 4.45. The third-order valence-electron chi connectivity index (χ3n) is 1.82. The highest BCUT2D eigenvalue weighted by molar-refractivity contribution is 7.13. The maximum atomic E-state index is 4.45. The number of likely N-dealkylation sites (N-methyl/N-ethyl adjacent to an activating group) is 1. The number of aromatic amines is 1. The van der Waals surface area contributed by atoms with Crippen LogP contribution in [0.15, 0.2) is 11.6 Å². The highest BCUT2D eigenvalue weighted by atomic mass is 32.1. The van der Waals surface area contributed by atoms with Crippen LogP contribution in [0.25, 0.3) is 10.7 Å². The molecule has 0 aromatic carbocycles. The van der Waals surface area contributed by atoms with Gasteiger partial charge in [0.2, 0.25) is 0 Å². The van der Waals surface area contributed by atoms with Crippen LogP contribution >= 0.6 is 11.3 Å². The first kappa shape index (κ1) is 9.29. The lowest BCUT2D eigenvalue weighted by atomic mass is 10.3. The summed E-state index contributed by atoms with van der Waals surface area (Å²) in [5.74, 6) is 0. The van der Waals surface area contributed by atoms with Crippen LogP contribution in [0.4, 0.5) is 0 Å². The van der Waals surface area contributed by atoms with Crippen molar-refractivity contribution in [2.45, 2.75) is 6.42 Å². The molecule has 2 aromatic rings. The third kappa shape index (κ3) is 1.97. The molecule has 0 fully saturated rings. The van der Waals surface area contributed by atoms with Crippen molar-refractivity contribution in [1.29, 1.82) is 0 Å². The summed E-state index contributed by atoms with van der Waals surface area (Å²) in [6, 6.07) is 0. The van der Waals surface area contributed by atoms with Gasteiger partial charge in [0, 0.05) is 18.3 Å². The maximum Gasteiger partial charge on any atom is 0.145 e. The van der Waals surface area contributed by atoms with Crippen molar-refractivity contribution in [2.24, 2.45) is 0 Å². The van der Waals surface area contributed by atoms with E-state index in [-0.39, 0.29) is 0 Å². The van der Waals surface area contributed by atoms with Crippen LogP contribution in [0.2, 0.25) is 0 Å². The molecule has 0 spiro atoms. The Kier molecular flexibility index (Phi) is 2.85. The predicted octanol–water partition coefficient (Wildman–Crippen LogP) is 0.690. The van der Waals surface area contributed by atoms with Crippen LogP contribution in [0.5, 0.6) is 0 Å². The molecule has 2 aromatic heterocycles. The Labute approximate surface area is 85.6 Å². The molecule has 0 bridgehead atoms. The van der Waals surface area contributed by atoms with Gasteiger partial charge in [0.1, 0.15) is 10.7 Å². The van der Waals surface area contributed by atoms with Crippen molar-refractivity contribution in [3.05, 3.63) is 17.3 Å². The molecule has 2 N–H and O–H groups in total. The molecule has 0 aliphatic heterocycles. The average Bonchev–Trinajstić information content (AvgIpc) is 2.85. The minimum atomic E-state index is 0.811. The molecule has 14 heavy (non-hydrogen) atoms. The highest BCUT2D eigenvalue weighted by Crippen LogP contribution is 2.20. The van der Waals surface area contributed by atoms with Gasteiger partial charge in [-0.05, 0) is 7.05 Å². The molecule has 0 saturated carbocycles. The molecular weight excluding hydrogens is 198 g/mol. The van der Waals surface area contributed by atoms with Crippen LogP contribution in [-0.2, 0) is 6.42 Å². The van der Waals surface area contributed by atoms with E-state index >= 15 is 0 Å². The standard InChI is InChI=1S/C8H11N5S/c1-9-3-2-6-5-14-8(11-6)7-4-10-13-12-7/h4-5,9H,2-3H2,1H3,(H,10,12,13). The molecule has 0 aliphatic carbocycles. The largest absolute Gasteiger partial charge is 0.319 e. The number of thiazole rings is 1. The van der Waals surface area contributed by atoms with E-state index in [1.807, 2.05) is 7.05 Å². The molecule has 2 rings (SSSR count). The summed E-state index contributed by atoms with van der Waals surface area (Å²) in [6.07, 6.45) is 2.63. The van der Waals surface area contributed by atoms with E-state index in [0.717, 1.165) is 29.4 Å². The molecule has 0 amide bonds. The van der Waals surface area contributed by atoms with Crippen LogP contribution in [-0.4, -0.2) is 34.0 Å². The number of H-pyrrole nitrogens is 1. The van der Waals surface area contributed by atoms with Crippen molar-refractivity contribution in [3.63, 3.8) is 0 Å². The lowest BCUT2D eigenvalue weighted by molar-refractivity contribution is 0.780. The van der Waals surface area contributed by atoms with Gasteiger partial charge in [-0.2, -0.15) is 15.4 Å². The van der Waals surface area contributed by atoms with E-state index in [1.54, 1.807) is 17.5 Å². The highest BCUT2D eigenvalue weighted by Gasteiger charge is 2.06. The molecule has 0 unspecified atom stereocenters. The third-order valence-corrected chi connectivity index (χ3v) is 2.73. The molecule has 2 heterocycles. The Morgan fingerprint density at radius 3 is 3.21 bits per heavy atom. The Morgan fingerprint density at radius 1 is 1.57 bits per heavy atom. The van der Waals surface area contributed by atoms with Crippen molar-refractivity contribution in [3.8, 4) is 10.7 Å². The number of hydrogen-bond acceptors (Lipinski definition) is 5. The van der Waals surface area contributed by atoms with Crippen LogP contribution < -0.4 is 5.32 Å². The summed E-state index contributed by atoms with van der Waals surface area (Å²) >= 11 is 1.60. The topological polar surface area (TPSA) is 66.5 Å². The monoisotopic (exact) mass is 209 g/mol. The van der Waals surface area contributed by atoms with Crippen LogP contribution in [0, 0.1) is 0 Å². The fourth-order valence-electron chi connectivity index (χ4n) is 1.10. The van der Waals surface area contributed by atoms with Gasteiger partial charge in [-0.3, -0.25) is 0 Å². The van der Waals surface area contributed by atoms with Crippen molar-refractivity contribution in [2.75, 3.05) is 13.6 Å². The van der Waals surface area contributed by atoms with E-state index in [2.05, 4.69) is 31.1 Å². The normalized spacial score (nSPS) is 10.6. The second-order valence-corrected chi connectivity index (χ2v) is 3.71. The fourth-order valence-corrected chi connectivity index (χ4v) is 1.90. The van der Waals surface area contributed by atoms with E-state index in [9.17, 15) is 0 Å². The number of aromatic nitrogens is 4. The summed E-state index contributed by atoms with van der Waals surface area (Å²) in [6.45, 7) is 0.946. The molecule has 74 valence electrons. The van der Waals surface area contributed by atoms with Crippen molar-refractivity contribution >= 4 is 11.3 Å². The quantitative estimate of drug-likeness (QED) is 0.777. The van der Waals surface area contributed by atoms with Gasteiger partial charge in [-0.1, -0.05) is 0 Å². The zero-order chi connectivity index (χ0) is 9.80. The minimum absolute atomic E-state index is 0.811. The van der Waals surface area contributed by atoms with Crippen LogP contribution in [0.3, 0.4) is 0 Å². The minimum Gasteiger partial charge on any atom is -0.319 e. The molecule has 0 atom stereocenters. The number of nitrogens with zero attached hydrogens (tertiary/aromatic N) is 3. The van der Waals surface area contributed by atoms with E-state index in [0.29, 0.717) is 0 Å². The zero-order valence-corrected chi connectivity index (χ0v) is 8.64. The first-order valence-corrected chi connectivity index (χ1v) is 5.23. The molecular formula is C8H11N5S. The molecule has 0 saturated heterocycles. The second kappa shape index (κ2) is 4.30. The lowest BCUT2D eigenvalue weighted by Gasteiger charge is -1.93. The Hall–Kier alpha value is -1.27. The van der Waals surface area contributed by atoms with Crippen molar-refractivity contribution < 1.29 is 0 Å². The Morgan fingerprint density at radius 2 is 2.50 bits per heavy atom. The van der Waals surface area contributed by atoms with Gasteiger partial charge in [0.15, 0.2) is 0 Å². The van der Waals surface area contributed by atoms with Gasteiger partial charge in [0.25, 0.3) is 0 Å². The molecule has 0 radical (unpaired) electrons. The van der Waals surface area contributed by atoms with E-state index in [1.165, 1.54) is 0 Å². The van der Waals surface area contributed by atoms with E-state index in [4.69, 9.17) is 0 Å². The van der Waals surface area contributed by atoms with Gasteiger partial charge in [0.05, 0.1) is 11.9 Å². The summed E-state index contributed by atoms with van der Waals surface area (Å²) in [5, 5.41) is 16.4. The lowest BCUT2D eigenvalue weighted by Crippen LogP contribution is -2.10. The Balaban J connectivity index is 2.10. The van der Waals surface area contributed by atoms with Gasteiger partial charge < -0.3 is 5.32 Å². The fraction of sp³-hybridized carbons (Fsp3) is 0.375. The second-order valence-electron chi connectivity index (χ2n) is 2.85. The van der Waals surface area contributed by atoms with Gasteiger partial charge >= 0.3 is 0 Å². The smallest absolute Gasteiger partial charge is 0.145 e. The molecule has 5 nitrogen and oxygen atoms in total. The number of hydrogen-bond donors (Lipinski definition) is 2. The zero-order valence-electron chi connectivity index (χ0n) is 7.82. The summed E-state index contributed by atoms with van der Waals surface area (Å²) in [7, 11) is 1.94. The van der Waals surface area contributed by atoms with E-state index < -0.39 is 0 Å². The summed E-state index contributed by atoms with van der Waals surface area (Å²) < 4.78 is 0. The SMILES string of the molecule is CNCCc1csc(-c2cn[nH]n2)n1.